The lowest BCUT2D eigenvalue weighted by Gasteiger charge is -2.14. The molecule has 8 heteroatoms. The molecule has 4 nitrogen and oxygen atoms in total. The first-order chi connectivity index (χ1) is 9.82. The summed E-state index contributed by atoms with van der Waals surface area (Å²) in [4.78, 5) is 0. The van der Waals surface area contributed by atoms with Crippen molar-refractivity contribution >= 4 is 0 Å². The van der Waals surface area contributed by atoms with Crippen LogP contribution in [0.2, 0.25) is 0 Å². The van der Waals surface area contributed by atoms with Crippen LogP contribution >= 0.6 is 0 Å². The Kier molecular flexibility index (Phi) is 4.08. The third-order valence-corrected chi connectivity index (χ3v) is 2.84. The third kappa shape index (κ3) is 3.27. The molecule has 21 heavy (non-hydrogen) atoms. The molecule has 0 aliphatic carbocycles. The monoisotopic (exact) mass is 301 g/mol. The van der Waals surface area contributed by atoms with Crippen molar-refractivity contribution in [2.75, 3.05) is 7.11 Å². The number of methoxy groups -OCH3 is 1. The Hall–Kier alpha value is -2.22. The SMILES string of the molecule is COc1ccc(C(N)c2ccc(F)c(C(F)(F)F)c2)nn1. The molecule has 112 valence electrons. The Balaban J connectivity index is 2.36. The fourth-order valence-corrected chi connectivity index (χ4v) is 1.73. The molecule has 0 aliphatic rings. The molecule has 2 aromatic rings. The van der Waals surface area contributed by atoms with E-state index in [1.165, 1.54) is 25.3 Å². The number of rotatable bonds is 3. The van der Waals surface area contributed by atoms with Crippen molar-refractivity contribution < 1.29 is 22.3 Å². The second kappa shape index (κ2) is 5.65. The molecule has 2 N–H and O–H groups in total. The van der Waals surface area contributed by atoms with Gasteiger partial charge in [-0.15, -0.1) is 10.2 Å². The number of hydrogen-bond donors (Lipinski definition) is 1. The zero-order chi connectivity index (χ0) is 15.6. The maximum absolute atomic E-state index is 13.2. The van der Waals surface area contributed by atoms with Crippen LogP contribution in [0.25, 0.3) is 0 Å². The van der Waals surface area contributed by atoms with Gasteiger partial charge in [0, 0.05) is 6.07 Å². The summed E-state index contributed by atoms with van der Waals surface area (Å²) in [6.45, 7) is 0. The Morgan fingerprint density at radius 2 is 1.86 bits per heavy atom. The topological polar surface area (TPSA) is 61.0 Å². The molecular weight excluding hydrogens is 290 g/mol. The van der Waals surface area contributed by atoms with Crippen LogP contribution in [-0.4, -0.2) is 17.3 Å². The highest BCUT2D eigenvalue weighted by atomic mass is 19.4. The van der Waals surface area contributed by atoms with Gasteiger partial charge in [-0.1, -0.05) is 6.07 Å². The van der Waals surface area contributed by atoms with Gasteiger partial charge in [-0.2, -0.15) is 13.2 Å². The van der Waals surface area contributed by atoms with Crippen molar-refractivity contribution in [3.05, 3.63) is 53.0 Å². The van der Waals surface area contributed by atoms with E-state index < -0.39 is 23.6 Å². The van der Waals surface area contributed by atoms with E-state index in [0.29, 0.717) is 6.07 Å². The van der Waals surface area contributed by atoms with Crippen LogP contribution in [-0.2, 0) is 6.18 Å². The fourth-order valence-electron chi connectivity index (χ4n) is 1.73. The second-order valence-corrected chi connectivity index (χ2v) is 4.22. The number of ether oxygens (including phenoxy) is 1. The van der Waals surface area contributed by atoms with Crippen molar-refractivity contribution in [2.24, 2.45) is 5.73 Å². The summed E-state index contributed by atoms with van der Waals surface area (Å²) in [5.41, 5.74) is 4.81. The van der Waals surface area contributed by atoms with Crippen LogP contribution in [0.3, 0.4) is 0 Å². The van der Waals surface area contributed by atoms with Crippen LogP contribution in [0, 0.1) is 5.82 Å². The smallest absolute Gasteiger partial charge is 0.419 e. The largest absolute Gasteiger partial charge is 0.480 e. The van der Waals surface area contributed by atoms with E-state index in [0.717, 1.165) is 6.07 Å². The second-order valence-electron chi connectivity index (χ2n) is 4.22. The van der Waals surface area contributed by atoms with Gasteiger partial charge in [0.2, 0.25) is 5.88 Å². The van der Waals surface area contributed by atoms with E-state index in [4.69, 9.17) is 10.5 Å². The summed E-state index contributed by atoms with van der Waals surface area (Å²) in [5, 5.41) is 7.45. The average Bonchev–Trinajstić information content (AvgIpc) is 2.46. The zero-order valence-corrected chi connectivity index (χ0v) is 10.9. The number of hydrogen-bond acceptors (Lipinski definition) is 4. The number of nitrogens with zero attached hydrogens (tertiary/aromatic N) is 2. The Bertz CT molecular complexity index is 628. The maximum Gasteiger partial charge on any atom is 0.419 e. The molecule has 0 fully saturated rings. The summed E-state index contributed by atoms with van der Waals surface area (Å²) in [6.07, 6.45) is -4.79. The number of benzene rings is 1. The lowest BCUT2D eigenvalue weighted by atomic mass is 10.0. The van der Waals surface area contributed by atoms with E-state index in [1.54, 1.807) is 0 Å². The first-order valence-electron chi connectivity index (χ1n) is 5.82. The first kappa shape index (κ1) is 15.2. The van der Waals surface area contributed by atoms with Crippen molar-refractivity contribution in [1.82, 2.24) is 10.2 Å². The minimum Gasteiger partial charge on any atom is -0.480 e. The molecule has 1 aromatic heterocycles. The Labute approximate surface area is 117 Å². The molecule has 1 aromatic carbocycles. The molecule has 1 unspecified atom stereocenters. The van der Waals surface area contributed by atoms with E-state index >= 15 is 0 Å². The van der Waals surface area contributed by atoms with Gasteiger partial charge in [0.1, 0.15) is 5.82 Å². The predicted octanol–water partition coefficient (Wildman–Crippen LogP) is 2.69. The maximum atomic E-state index is 13.2. The number of halogens is 4. The minimum absolute atomic E-state index is 0.0863. The summed E-state index contributed by atoms with van der Waals surface area (Å²) in [7, 11) is 1.40. The van der Waals surface area contributed by atoms with Crippen molar-refractivity contribution in [3.63, 3.8) is 0 Å². The predicted molar refractivity (Wildman–Crippen MR) is 66.0 cm³/mol. The van der Waals surface area contributed by atoms with Crippen LogP contribution in [0.15, 0.2) is 30.3 Å². The molecule has 1 heterocycles. The normalized spacial score (nSPS) is 13.0. The van der Waals surface area contributed by atoms with E-state index in [9.17, 15) is 17.6 Å². The summed E-state index contributed by atoms with van der Waals surface area (Å²) < 4.78 is 56.1. The lowest BCUT2D eigenvalue weighted by molar-refractivity contribution is -0.140. The molecule has 0 saturated heterocycles. The van der Waals surface area contributed by atoms with Gasteiger partial charge in [-0.25, -0.2) is 4.39 Å². The van der Waals surface area contributed by atoms with Gasteiger partial charge in [0.25, 0.3) is 0 Å². The lowest BCUT2D eigenvalue weighted by Crippen LogP contribution is -2.16. The Morgan fingerprint density at radius 3 is 2.38 bits per heavy atom. The minimum atomic E-state index is -4.79. The molecule has 0 radical (unpaired) electrons. The summed E-state index contributed by atoms with van der Waals surface area (Å²) in [5.74, 6) is -1.10. The number of aromatic nitrogens is 2. The van der Waals surface area contributed by atoms with E-state index in [-0.39, 0.29) is 17.1 Å². The highest BCUT2D eigenvalue weighted by Gasteiger charge is 2.34. The van der Waals surface area contributed by atoms with Gasteiger partial charge >= 0.3 is 6.18 Å². The van der Waals surface area contributed by atoms with E-state index in [2.05, 4.69) is 10.2 Å². The number of nitrogens with two attached hydrogens (primary N) is 1. The van der Waals surface area contributed by atoms with Gasteiger partial charge in [0.05, 0.1) is 24.4 Å². The fraction of sp³-hybridized carbons (Fsp3) is 0.231. The molecule has 0 bridgehead atoms. The molecule has 0 amide bonds. The van der Waals surface area contributed by atoms with Crippen LogP contribution in [0.4, 0.5) is 17.6 Å². The molecular formula is C13H11F4N3O. The van der Waals surface area contributed by atoms with Crippen molar-refractivity contribution in [3.8, 4) is 5.88 Å². The molecule has 0 saturated carbocycles. The van der Waals surface area contributed by atoms with Crippen molar-refractivity contribution in [2.45, 2.75) is 12.2 Å². The van der Waals surface area contributed by atoms with E-state index in [1.807, 2.05) is 0 Å². The van der Waals surface area contributed by atoms with Crippen LogP contribution in [0.1, 0.15) is 22.9 Å². The first-order valence-corrected chi connectivity index (χ1v) is 5.82. The van der Waals surface area contributed by atoms with Gasteiger partial charge in [-0.3, -0.25) is 0 Å². The standard InChI is InChI=1S/C13H11F4N3O/c1-21-11-5-4-10(19-20-11)12(18)7-2-3-9(14)8(6-7)13(15,16)17/h2-6,12H,18H2,1H3. The van der Waals surface area contributed by atoms with Gasteiger partial charge in [-0.05, 0) is 23.8 Å². The van der Waals surface area contributed by atoms with Crippen LogP contribution < -0.4 is 10.5 Å². The molecule has 1 atom stereocenters. The van der Waals surface area contributed by atoms with Crippen LogP contribution in [0.5, 0.6) is 5.88 Å². The Morgan fingerprint density at radius 1 is 1.14 bits per heavy atom. The van der Waals surface area contributed by atoms with Crippen molar-refractivity contribution in [1.29, 1.82) is 0 Å². The third-order valence-electron chi connectivity index (χ3n) is 2.84. The van der Waals surface area contributed by atoms with Gasteiger partial charge in [0.15, 0.2) is 0 Å². The number of alkyl halides is 3. The van der Waals surface area contributed by atoms with Gasteiger partial charge < -0.3 is 10.5 Å². The molecule has 0 spiro atoms. The highest BCUT2D eigenvalue weighted by molar-refractivity contribution is 5.33. The average molecular weight is 301 g/mol. The molecule has 0 aliphatic heterocycles. The summed E-state index contributed by atoms with van der Waals surface area (Å²) >= 11 is 0. The summed E-state index contributed by atoms with van der Waals surface area (Å²) in [6, 6.07) is 4.59. The quantitative estimate of drug-likeness (QED) is 0.885. The molecule has 2 rings (SSSR count). The highest BCUT2D eigenvalue weighted by Crippen LogP contribution is 2.33. The zero-order valence-electron chi connectivity index (χ0n) is 10.9.